The average Bonchev–Trinajstić information content (AvgIpc) is 2.52. The molecule has 74 valence electrons. The first-order valence-electron chi connectivity index (χ1n) is 4.15. The third-order valence-electron chi connectivity index (χ3n) is 1.67. The molecule has 0 aromatic carbocycles. The van der Waals surface area contributed by atoms with Crippen molar-refractivity contribution in [3.63, 3.8) is 0 Å². The molecular formula is C7H13N3O2S. The molecule has 0 unspecified atom stereocenters. The summed E-state index contributed by atoms with van der Waals surface area (Å²) >= 11 is 1.14. The number of nitrogens with one attached hydrogen (secondary N) is 2. The Hall–Kier alpha value is -0.750. The van der Waals surface area contributed by atoms with Crippen molar-refractivity contribution in [3.05, 3.63) is 0 Å². The number of carbonyl (C=O) groups is 2. The Balaban J connectivity index is 2.20. The first-order chi connectivity index (χ1) is 6.24. The second kappa shape index (κ2) is 5.08. The predicted molar refractivity (Wildman–Crippen MR) is 51.5 cm³/mol. The number of rotatable bonds is 4. The van der Waals surface area contributed by atoms with Crippen LogP contribution in [0.25, 0.3) is 0 Å². The second-order valence-corrected chi connectivity index (χ2v) is 3.72. The number of hydrogen-bond acceptors (Lipinski definition) is 4. The Kier molecular flexibility index (Phi) is 4.04. The lowest BCUT2D eigenvalue weighted by Gasteiger charge is -2.09. The van der Waals surface area contributed by atoms with Gasteiger partial charge in [-0.2, -0.15) is 0 Å². The van der Waals surface area contributed by atoms with Crippen LogP contribution in [-0.2, 0) is 4.79 Å². The maximum atomic E-state index is 11.3. The van der Waals surface area contributed by atoms with Crippen LogP contribution in [-0.4, -0.2) is 36.0 Å². The average molecular weight is 203 g/mol. The number of thioether (sulfide) groups is 1. The third kappa shape index (κ3) is 3.23. The first-order valence-corrected chi connectivity index (χ1v) is 5.13. The Morgan fingerprint density at radius 2 is 2.54 bits per heavy atom. The highest BCUT2D eigenvalue weighted by atomic mass is 32.2. The van der Waals surface area contributed by atoms with Crippen molar-refractivity contribution >= 4 is 22.9 Å². The molecule has 4 N–H and O–H groups in total. The fraction of sp³-hybridized carbons (Fsp3) is 0.714. The van der Waals surface area contributed by atoms with Gasteiger partial charge in [0.05, 0.1) is 0 Å². The molecule has 1 atom stereocenters. The zero-order valence-electron chi connectivity index (χ0n) is 7.21. The molecule has 5 nitrogen and oxygen atoms in total. The van der Waals surface area contributed by atoms with Gasteiger partial charge < -0.3 is 16.4 Å². The number of carbonyl (C=O) groups excluding carboxylic acids is 2. The quantitative estimate of drug-likeness (QED) is 0.526. The van der Waals surface area contributed by atoms with Gasteiger partial charge in [-0.15, -0.1) is 0 Å². The van der Waals surface area contributed by atoms with E-state index in [2.05, 4.69) is 10.6 Å². The first kappa shape index (κ1) is 10.3. The largest absolute Gasteiger partial charge is 0.354 e. The summed E-state index contributed by atoms with van der Waals surface area (Å²) in [5.74, 6) is 0.402. The van der Waals surface area contributed by atoms with E-state index in [9.17, 15) is 9.59 Å². The molecule has 1 saturated heterocycles. The molecule has 0 aromatic rings. The van der Waals surface area contributed by atoms with Gasteiger partial charge in [-0.25, -0.2) is 0 Å². The molecule has 0 bridgehead atoms. The fourth-order valence-corrected chi connectivity index (χ4v) is 1.74. The van der Waals surface area contributed by atoms with E-state index >= 15 is 0 Å². The normalized spacial score (nSPS) is 21.3. The van der Waals surface area contributed by atoms with Crippen molar-refractivity contribution in [1.29, 1.82) is 0 Å². The predicted octanol–water partition coefficient (Wildman–Crippen LogP) is -0.724. The van der Waals surface area contributed by atoms with Crippen LogP contribution in [0.2, 0.25) is 0 Å². The van der Waals surface area contributed by atoms with Gasteiger partial charge >= 0.3 is 0 Å². The van der Waals surface area contributed by atoms with Crippen LogP contribution in [0.4, 0.5) is 4.79 Å². The molecule has 1 fully saturated rings. The lowest BCUT2D eigenvalue weighted by molar-refractivity contribution is -0.122. The number of nitrogens with two attached hydrogens (primary N) is 1. The van der Waals surface area contributed by atoms with Crippen LogP contribution < -0.4 is 16.4 Å². The Morgan fingerprint density at radius 1 is 1.77 bits per heavy atom. The maximum Gasteiger partial charge on any atom is 0.279 e. The van der Waals surface area contributed by atoms with Crippen LogP contribution in [0.1, 0.15) is 6.42 Å². The lowest BCUT2D eigenvalue weighted by atomic mass is 10.3. The summed E-state index contributed by atoms with van der Waals surface area (Å²) in [6.07, 6.45) is 0.763. The Morgan fingerprint density at radius 3 is 3.08 bits per heavy atom. The summed E-state index contributed by atoms with van der Waals surface area (Å²) in [5, 5.41) is 5.13. The second-order valence-electron chi connectivity index (χ2n) is 2.73. The monoisotopic (exact) mass is 203 g/mol. The van der Waals surface area contributed by atoms with Crippen LogP contribution in [0.15, 0.2) is 0 Å². The number of amides is 2. The highest BCUT2D eigenvalue weighted by molar-refractivity contribution is 8.14. The Bertz CT molecular complexity index is 210. The summed E-state index contributed by atoms with van der Waals surface area (Å²) < 4.78 is 0. The molecule has 1 rings (SSSR count). The van der Waals surface area contributed by atoms with Gasteiger partial charge in [-0.3, -0.25) is 9.59 Å². The molecule has 1 heterocycles. The topological polar surface area (TPSA) is 84.2 Å². The van der Waals surface area contributed by atoms with Crippen molar-refractivity contribution < 1.29 is 9.59 Å². The fourth-order valence-electron chi connectivity index (χ4n) is 0.963. The third-order valence-corrected chi connectivity index (χ3v) is 2.55. The van der Waals surface area contributed by atoms with E-state index < -0.39 is 0 Å². The molecule has 13 heavy (non-hydrogen) atoms. The molecule has 6 heteroatoms. The van der Waals surface area contributed by atoms with Crippen LogP contribution >= 0.6 is 11.8 Å². The van der Waals surface area contributed by atoms with E-state index in [1.807, 2.05) is 0 Å². The minimum atomic E-state index is -0.365. The van der Waals surface area contributed by atoms with Gasteiger partial charge in [0.2, 0.25) is 5.91 Å². The molecule has 2 amide bonds. The van der Waals surface area contributed by atoms with Gasteiger partial charge in [0.15, 0.2) is 0 Å². The van der Waals surface area contributed by atoms with E-state index in [1.54, 1.807) is 0 Å². The minimum Gasteiger partial charge on any atom is -0.354 e. The van der Waals surface area contributed by atoms with Crippen LogP contribution in [0, 0.1) is 0 Å². The number of hydrogen-bond donors (Lipinski definition) is 3. The van der Waals surface area contributed by atoms with E-state index in [0.29, 0.717) is 18.8 Å². The Labute approximate surface area is 80.8 Å². The minimum absolute atomic E-state index is 0.119. The SMILES string of the molecule is NCCCNC(=O)[C@@H]1CSC(=O)N1. The highest BCUT2D eigenvalue weighted by Gasteiger charge is 2.27. The molecule has 0 radical (unpaired) electrons. The van der Waals surface area contributed by atoms with Crippen molar-refractivity contribution in [2.75, 3.05) is 18.8 Å². The highest BCUT2D eigenvalue weighted by Crippen LogP contribution is 2.12. The van der Waals surface area contributed by atoms with Gasteiger partial charge in [-0.1, -0.05) is 11.8 Å². The summed E-state index contributed by atoms with van der Waals surface area (Å²) in [6, 6.07) is -0.365. The summed E-state index contributed by atoms with van der Waals surface area (Å²) in [7, 11) is 0. The van der Waals surface area contributed by atoms with Gasteiger partial charge in [0, 0.05) is 12.3 Å². The molecule has 0 saturated carbocycles. The van der Waals surface area contributed by atoms with Crippen LogP contribution in [0.3, 0.4) is 0 Å². The lowest BCUT2D eigenvalue weighted by Crippen LogP contribution is -2.43. The summed E-state index contributed by atoms with van der Waals surface area (Å²) in [6.45, 7) is 1.14. The molecule has 1 aliphatic heterocycles. The van der Waals surface area contributed by atoms with Crippen molar-refractivity contribution in [2.45, 2.75) is 12.5 Å². The van der Waals surface area contributed by atoms with E-state index in [0.717, 1.165) is 18.2 Å². The van der Waals surface area contributed by atoms with E-state index in [-0.39, 0.29) is 17.2 Å². The van der Waals surface area contributed by atoms with Crippen molar-refractivity contribution in [3.8, 4) is 0 Å². The molecule has 0 aromatic heterocycles. The van der Waals surface area contributed by atoms with Gasteiger partial charge in [0.1, 0.15) is 6.04 Å². The van der Waals surface area contributed by atoms with Gasteiger partial charge in [-0.05, 0) is 13.0 Å². The molecule has 1 aliphatic rings. The van der Waals surface area contributed by atoms with Crippen LogP contribution in [0.5, 0.6) is 0 Å². The molecule has 0 spiro atoms. The smallest absolute Gasteiger partial charge is 0.279 e. The summed E-state index contributed by atoms with van der Waals surface area (Å²) in [5.41, 5.74) is 5.27. The van der Waals surface area contributed by atoms with Crippen molar-refractivity contribution in [2.24, 2.45) is 5.73 Å². The molecule has 0 aliphatic carbocycles. The standard InChI is InChI=1S/C7H13N3O2S/c8-2-1-3-9-6(11)5-4-13-7(12)10-5/h5H,1-4,8H2,(H,9,11)(H,10,12)/t5-/m0/s1. The van der Waals surface area contributed by atoms with Crippen molar-refractivity contribution in [1.82, 2.24) is 10.6 Å². The van der Waals surface area contributed by atoms with E-state index in [1.165, 1.54) is 0 Å². The zero-order chi connectivity index (χ0) is 9.68. The zero-order valence-corrected chi connectivity index (χ0v) is 8.02. The van der Waals surface area contributed by atoms with Gasteiger partial charge in [0.25, 0.3) is 5.24 Å². The van der Waals surface area contributed by atoms with E-state index in [4.69, 9.17) is 5.73 Å². The summed E-state index contributed by atoms with van der Waals surface area (Å²) in [4.78, 5) is 22.0. The maximum absolute atomic E-state index is 11.3. The molecular weight excluding hydrogens is 190 g/mol.